The third-order valence-electron chi connectivity index (χ3n) is 3.14. The number of hydrogen-bond acceptors (Lipinski definition) is 3. The Hall–Kier alpha value is -1.16. The first-order chi connectivity index (χ1) is 10.2. The van der Waals surface area contributed by atoms with E-state index in [4.69, 9.17) is 16.3 Å². The summed E-state index contributed by atoms with van der Waals surface area (Å²) in [5.41, 5.74) is 2.46. The molecular formula is C17H20ClNOS. The minimum Gasteiger partial charge on any atom is -0.496 e. The van der Waals surface area contributed by atoms with Crippen molar-refractivity contribution in [2.24, 2.45) is 0 Å². The number of methoxy groups -OCH3 is 1. The van der Waals surface area contributed by atoms with Crippen molar-refractivity contribution in [2.45, 2.75) is 24.1 Å². The van der Waals surface area contributed by atoms with Gasteiger partial charge >= 0.3 is 0 Å². The SMILES string of the molecule is CCNCc1ccc(OC)c(CSc2ccccc2Cl)c1. The maximum atomic E-state index is 6.20. The van der Waals surface area contributed by atoms with Crippen LogP contribution in [0, 0.1) is 0 Å². The van der Waals surface area contributed by atoms with E-state index in [1.807, 2.05) is 30.3 Å². The van der Waals surface area contributed by atoms with Crippen molar-refractivity contribution < 1.29 is 4.74 Å². The maximum Gasteiger partial charge on any atom is 0.122 e. The van der Waals surface area contributed by atoms with Gasteiger partial charge in [-0.15, -0.1) is 11.8 Å². The highest BCUT2D eigenvalue weighted by molar-refractivity contribution is 7.98. The maximum absolute atomic E-state index is 6.20. The van der Waals surface area contributed by atoms with E-state index in [2.05, 4.69) is 24.4 Å². The second kappa shape index (κ2) is 8.32. The molecule has 0 spiro atoms. The van der Waals surface area contributed by atoms with Gasteiger partial charge in [0.15, 0.2) is 0 Å². The van der Waals surface area contributed by atoms with Gasteiger partial charge in [0.05, 0.1) is 12.1 Å². The molecule has 0 fully saturated rings. The van der Waals surface area contributed by atoms with E-state index in [0.29, 0.717) is 0 Å². The minimum atomic E-state index is 0.797. The van der Waals surface area contributed by atoms with Crippen molar-refractivity contribution in [3.05, 3.63) is 58.6 Å². The summed E-state index contributed by atoms with van der Waals surface area (Å²) < 4.78 is 5.46. The Morgan fingerprint density at radius 2 is 2.00 bits per heavy atom. The van der Waals surface area contributed by atoms with Crippen molar-refractivity contribution in [1.29, 1.82) is 0 Å². The summed E-state index contributed by atoms with van der Waals surface area (Å²) in [6.07, 6.45) is 0. The van der Waals surface area contributed by atoms with E-state index >= 15 is 0 Å². The molecule has 4 heteroatoms. The lowest BCUT2D eigenvalue weighted by Gasteiger charge is -2.11. The van der Waals surface area contributed by atoms with Crippen LogP contribution in [0.25, 0.3) is 0 Å². The van der Waals surface area contributed by atoms with Gasteiger partial charge in [-0.3, -0.25) is 0 Å². The fourth-order valence-corrected chi connectivity index (χ4v) is 3.26. The molecule has 0 aliphatic carbocycles. The molecule has 0 saturated carbocycles. The van der Waals surface area contributed by atoms with Gasteiger partial charge in [-0.1, -0.05) is 36.7 Å². The Bertz CT molecular complexity index is 589. The average Bonchev–Trinajstić information content (AvgIpc) is 2.52. The first-order valence-corrected chi connectivity index (χ1v) is 8.34. The number of thioether (sulfide) groups is 1. The molecule has 0 aliphatic rings. The molecule has 1 N–H and O–H groups in total. The standard InChI is InChI=1S/C17H20ClNOS/c1-3-19-11-13-8-9-16(20-2)14(10-13)12-21-17-7-5-4-6-15(17)18/h4-10,19H,3,11-12H2,1-2H3. The summed E-state index contributed by atoms with van der Waals surface area (Å²) in [5.74, 6) is 1.77. The largest absolute Gasteiger partial charge is 0.496 e. The van der Waals surface area contributed by atoms with Crippen LogP contribution in [0.2, 0.25) is 5.02 Å². The van der Waals surface area contributed by atoms with Crippen LogP contribution >= 0.6 is 23.4 Å². The van der Waals surface area contributed by atoms with E-state index in [-0.39, 0.29) is 0 Å². The van der Waals surface area contributed by atoms with Crippen LogP contribution in [0.4, 0.5) is 0 Å². The Kier molecular flexibility index (Phi) is 6.43. The summed E-state index contributed by atoms with van der Waals surface area (Å²) in [6, 6.07) is 14.3. The van der Waals surface area contributed by atoms with E-state index in [9.17, 15) is 0 Å². The van der Waals surface area contributed by atoms with Gasteiger partial charge in [0.25, 0.3) is 0 Å². The fourth-order valence-electron chi connectivity index (χ4n) is 2.04. The Labute approximate surface area is 135 Å². The third-order valence-corrected chi connectivity index (χ3v) is 4.71. The highest BCUT2D eigenvalue weighted by Crippen LogP contribution is 2.32. The molecule has 0 amide bonds. The van der Waals surface area contributed by atoms with Crippen molar-refractivity contribution in [1.82, 2.24) is 5.32 Å². The summed E-state index contributed by atoms with van der Waals surface area (Å²) in [6.45, 7) is 3.96. The van der Waals surface area contributed by atoms with E-state index in [1.54, 1.807) is 18.9 Å². The third kappa shape index (κ3) is 4.67. The quantitative estimate of drug-likeness (QED) is 0.743. The van der Waals surface area contributed by atoms with Gasteiger partial charge in [-0.25, -0.2) is 0 Å². The number of hydrogen-bond donors (Lipinski definition) is 1. The number of benzene rings is 2. The molecule has 0 aromatic heterocycles. The van der Waals surface area contributed by atoms with E-state index in [1.165, 1.54) is 11.1 Å². The number of halogens is 1. The van der Waals surface area contributed by atoms with Gasteiger partial charge in [0.2, 0.25) is 0 Å². The van der Waals surface area contributed by atoms with Crippen LogP contribution < -0.4 is 10.1 Å². The summed E-state index contributed by atoms with van der Waals surface area (Å²) >= 11 is 7.93. The zero-order valence-electron chi connectivity index (χ0n) is 12.4. The van der Waals surface area contributed by atoms with E-state index in [0.717, 1.165) is 34.5 Å². The Morgan fingerprint density at radius 1 is 1.19 bits per heavy atom. The Balaban J connectivity index is 2.12. The zero-order valence-corrected chi connectivity index (χ0v) is 13.9. The molecule has 2 aromatic carbocycles. The van der Waals surface area contributed by atoms with Gasteiger partial charge in [0.1, 0.15) is 5.75 Å². The number of ether oxygens (including phenoxy) is 1. The smallest absolute Gasteiger partial charge is 0.122 e. The molecule has 112 valence electrons. The first kappa shape index (κ1) is 16.2. The van der Waals surface area contributed by atoms with Gasteiger partial charge < -0.3 is 10.1 Å². The van der Waals surface area contributed by atoms with Crippen molar-refractivity contribution >= 4 is 23.4 Å². The normalized spacial score (nSPS) is 10.6. The van der Waals surface area contributed by atoms with E-state index < -0.39 is 0 Å². The lowest BCUT2D eigenvalue weighted by atomic mass is 10.1. The molecule has 0 atom stereocenters. The minimum absolute atomic E-state index is 0.797. The van der Waals surface area contributed by atoms with Crippen LogP contribution in [0.15, 0.2) is 47.4 Å². The average molecular weight is 322 g/mol. The molecule has 0 heterocycles. The van der Waals surface area contributed by atoms with Crippen LogP contribution in [0.1, 0.15) is 18.1 Å². The fraction of sp³-hybridized carbons (Fsp3) is 0.294. The molecule has 2 aromatic rings. The summed E-state index contributed by atoms with van der Waals surface area (Å²) in [7, 11) is 1.71. The van der Waals surface area contributed by atoms with Crippen LogP contribution in [0.3, 0.4) is 0 Å². The monoisotopic (exact) mass is 321 g/mol. The van der Waals surface area contributed by atoms with Crippen molar-refractivity contribution in [2.75, 3.05) is 13.7 Å². The van der Waals surface area contributed by atoms with Crippen molar-refractivity contribution in [3.8, 4) is 5.75 Å². The van der Waals surface area contributed by atoms with Crippen LogP contribution in [-0.2, 0) is 12.3 Å². The topological polar surface area (TPSA) is 21.3 Å². The molecule has 2 rings (SSSR count). The second-order valence-corrected chi connectivity index (χ2v) is 6.07. The molecule has 0 saturated heterocycles. The predicted octanol–water partition coefficient (Wildman–Crippen LogP) is 4.75. The lowest BCUT2D eigenvalue weighted by molar-refractivity contribution is 0.411. The van der Waals surface area contributed by atoms with Gasteiger partial charge in [0, 0.05) is 22.8 Å². The highest BCUT2D eigenvalue weighted by Gasteiger charge is 2.07. The van der Waals surface area contributed by atoms with Crippen molar-refractivity contribution in [3.63, 3.8) is 0 Å². The predicted molar refractivity (Wildman–Crippen MR) is 91.4 cm³/mol. The Morgan fingerprint density at radius 3 is 2.71 bits per heavy atom. The molecule has 0 bridgehead atoms. The molecule has 21 heavy (non-hydrogen) atoms. The van der Waals surface area contributed by atoms with Crippen LogP contribution in [-0.4, -0.2) is 13.7 Å². The summed E-state index contributed by atoms with van der Waals surface area (Å²) in [4.78, 5) is 1.10. The molecule has 0 aliphatic heterocycles. The van der Waals surface area contributed by atoms with Gasteiger partial charge in [-0.05, 0) is 36.4 Å². The molecule has 2 nitrogen and oxygen atoms in total. The second-order valence-electron chi connectivity index (χ2n) is 4.65. The van der Waals surface area contributed by atoms with Crippen LogP contribution in [0.5, 0.6) is 5.75 Å². The molecular weight excluding hydrogens is 302 g/mol. The lowest BCUT2D eigenvalue weighted by Crippen LogP contribution is -2.11. The first-order valence-electron chi connectivity index (χ1n) is 6.98. The highest BCUT2D eigenvalue weighted by atomic mass is 35.5. The number of nitrogens with one attached hydrogen (secondary N) is 1. The molecule has 0 radical (unpaired) electrons. The number of rotatable bonds is 7. The zero-order chi connectivity index (χ0) is 15.1. The summed E-state index contributed by atoms with van der Waals surface area (Å²) in [5, 5.41) is 4.14. The van der Waals surface area contributed by atoms with Gasteiger partial charge in [-0.2, -0.15) is 0 Å². The molecule has 0 unspecified atom stereocenters.